The third-order valence-electron chi connectivity index (χ3n) is 2.48. The molecule has 20 heavy (non-hydrogen) atoms. The van der Waals surface area contributed by atoms with Crippen molar-refractivity contribution in [3.63, 3.8) is 0 Å². The molecule has 0 bridgehead atoms. The molecular weight excluding hydrogens is 284 g/mol. The third kappa shape index (κ3) is 2.52. The molecule has 2 aromatic rings. The fraction of sp³-hybridized carbons (Fsp3) is 0.0909. The minimum atomic E-state index is -0.691. The number of phenols is 1. The van der Waals surface area contributed by atoms with Crippen LogP contribution < -0.4 is 11.1 Å². The van der Waals surface area contributed by atoms with E-state index < -0.39 is 16.5 Å². The Morgan fingerprint density at radius 3 is 2.80 bits per heavy atom. The van der Waals surface area contributed by atoms with Gasteiger partial charge >= 0.3 is 0 Å². The monoisotopic (exact) mass is 294 g/mol. The molecule has 0 fully saturated rings. The Labute approximate surface area is 117 Å². The number of carbonyl (C=O) groups excluding carboxylic acids is 1. The summed E-state index contributed by atoms with van der Waals surface area (Å²) >= 11 is 0.965. The highest BCUT2D eigenvalue weighted by atomic mass is 32.1. The van der Waals surface area contributed by atoms with Gasteiger partial charge in [-0.15, -0.1) is 0 Å². The molecule has 0 saturated heterocycles. The molecule has 0 unspecified atom stereocenters. The Bertz CT molecular complexity index is 698. The van der Waals surface area contributed by atoms with Crippen molar-refractivity contribution in [3.05, 3.63) is 38.9 Å². The summed E-state index contributed by atoms with van der Waals surface area (Å²) in [6.07, 6.45) is 0. The number of rotatable bonds is 3. The number of nitro benzene ring substituents is 1. The number of hydrogen-bond acceptors (Lipinski definition) is 7. The number of nitrogens with zero attached hydrogens (tertiary/aromatic N) is 2. The first-order valence-corrected chi connectivity index (χ1v) is 6.22. The Balaban J connectivity index is 2.37. The number of nitrogens with two attached hydrogens (primary N) is 1. The molecular formula is C11H10N4O4S. The molecule has 0 spiro atoms. The van der Waals surface area contributed by atoms with Crippen LogP contribution in [0.3, 0.4) is 0 Å². The molecule has 9 heteroatoms. The molecule has 8 nitrogen and oxygen atoms in total. The average molecular weight is 294 g/mol. The van der Waals surface area contributed by atoms with Crippen molar-refractivity contribution in [2.24, 2.45) is 0 Å². The number of hydrogen-bond donors (Lipinski definition) is 3. The number of aromatic hydroxyl groups is 1. The molecule has 1 amide bonds. The topological polar surface area (TPSA) is 131 Å². The SMILES string of the molecule is Cc1nc(N)sc1C(=O)Nc1c(O)cccc1[N+](=O)[O-]. The van der Waals surface area contributed by atoms with Gasteiger partial charge in [-0.3, -0.25) is 14.9 Å². The first-order chi connectivity index (χ1) is 9.40. The van der Waals surface area contributed by atoms with Crippen LogP contribution in [-0.2, 0) is 0 Å². The number of carbonyl (C=O) groups is 1. The summed E-state index contributed by atoms with van der Waals surface area (Å²) in [5.41, 5.74) is 5.26. The van der Waals surface area contributed by atoms with Crippen molar-refractivity contribution in [1.82, 2.24) is 4.98 Å². The Morgan fingerprint density at radius 2 is 2.25 bits per heavy atom. The molecule has 4 N–H and O–H groups in total. The first kappa shape index (κ1) is 13.7. The standard InChI is InChI=1S/C11H10N4O4S/c1-5-9(20-11(12)13-5)10(17)14-8-6(15(18)19)3-2-4-7(8)16/h2-4,16H,1H3,(H2,12,13)(H,14,17). The van der Waals surface area contributed by atoms with Crippen LogP contribution in [0.15, 0.2) is 18.2 Å². The van der Waals surface area contributed by atoms with Crippen LogP contribution in [0.5, 0.6) is 5.75 Å². The van der Waals surface area contributed by atoms with Crippen molar-refractivity contribution in [2.75, 3.05) is 11.1 Å². The van der Waals surface area contributed by atoms with Gasteiger partial charge in [-0.25, -0.2) is 4.98 Å². The van der Waals surface area contributed by atoms with E-state index in [1.165, 1.54) is 18.2 Å². The van der Waals surface area contributed by atoms with Gasteiger partial charge < -0.3 is 16.2 Å². The predicted octanol–water partition coefficient (Wildman–Crippen LogP) is 1.90. The van der Waals surface area contributed by atoms with E-state index in [1.54, 1.807) is 6.92 Å². The number of amides is 1. The van der Waals surface area contributed by atoms with Gasteiger partial charge in [-0.2, -0.15) is 0 Å². The van der Waals surface area contributed by atoms with Gasteiger partial charge in [-0.1, -0.05) is 17.4 Å². The summed E-state index contributed by atoms with van der Waals surface area (Å²) in [6.45, 7) is 1.60. The first-order valence-electron chi connectivity index (χ1n) is 5.40. The zero-order chi connectivity index (χ0) is 14.9. The Hall–Kier alpha value is -2.68. The normalized spacial score (nSPS) is 10.2. The van der Waals surface area contributed by atoms with E-state index in [4.69, 9.17) is 5.73 Å². The lowest BCUT2D eigenvalue weighted by molar-refractivity contribution is -0.384. The minimum absolute atomic E-state index is 0.222. The number of para-hydroxylation sites is 1. The number of aromatic nitrogens is 1. The van der Waals surface area contributed by atoms with Crippen LogP contribution in [0.4, 0.5) is 16.5 Å². The average Bonchev–Trinajstić information content (AvgIpc) is 2.70. The summed E-state index contributed by atoms with van der Waals surface area (Å²) in [4.78, 5) is 26.4. The highest BCUT2D eigenvalue weighted by Crippen LogP contribution is 2.34. The Morgan fingerprint density at radius 1 is 1.55 bits per heavy atom. The van der Waals surface area contributed by atoms with Crippen LogP contribution in [0.2, 0.25) is 0 Å². The maximum absolute atomic E-state index is 12.0. The quantitative estimate of drug-likeness (QED) is 0.450. The summed E-state index contributed by atoms with van der Waals surface area (Å²) in [7, 11) is 0. The van der Waals surface area contributed by atoms with Gasteiger partial charge in [0.2, 0.25) is 0 Å². The number of thiazole rings is 1. The number of phenolic OH excluding ortho intramolecular Hbond substituents is 1. The van der Waals surface area contributed by atoms with Gasteiger partial charge in [-0.05, 0) is 13.0 Å². The molecule has 1 heterocycles. The van der Waals surface area contributed by atoms with E-state index in [-0.39, 0.29) is 21.4 Å². The van der Waals surface area contributed by atoms with Crippen molar-refractivity contribution < 1.29 is 14.8 Å². The molecule has 2 rings (SSSR count). The predicted molar refractivity (Wildman–Crippen MR) is 74.0 cm³/mol. The largest absolute Gasteiger partial charge is 0.505 e. The van der Waals surface area contributed by atoms with E-state index in [9.17, 15) is 20.0 Å². The number of nitrogen functional groups attached to an aromatic ring is 1. The maximum Gasteiger partial charge on any atom is 0.296 e. The number of nitro groups is 1. The van der Waals surface area contributed by atoms with Crippen LogP contribution in [0.1, 0.15) is 15.4 Å². The fourth-order valence-corrected chi connectivity index (χ4v) is 2.34. The molecule has 0 atom stereocenters. The second kappa shape index (κ2) is 5.13. The second-order valence-corrected chi connectivity index (χ2v) is 4.88. The highest BCUT2D eigenvalue weighted by molar-refractivity contribution is 7.17. The van der Waals surface area contributed by atoms with Gasteiger partial charge in [0.25, 0.3) is 11.6 Å². The zero-order valence-electron chi connectivity index (χ0n) is 10.3. The molecule has 0 aliphatic carbocycles. The van der Waals surface area contributed by atoms with E-state index in [0.717, 1.165) is 11.3 Å². The van der Waals surface area contributed by atoms with Gasteiger partial charge in [0.1, 0.15) is 10.6 Å². The zero-order valence-corrected chi connectivity index (χ0v) is 11.1. The molecule has 104 valence electrons. The highest BCUT2D eigenvalue weighted by Gasteiger charge is 2.22. The van der Waals surface area contributed by atoms with Gasteiger partial charge in [0, 0.05) is 6.07 Å². The number of aryl methyl sites for hydroxylation is 1. The number of anilines is 2. The molecule has 0 saturated carbocycles. The van der Waals surface area contributed by atoms with Crippen LogP contribution in [0, 0.1) is 17.0 Å². The van der Waals surface area contributed by atoms with Crippen molar-refractivity contribution in [2.45, 2.75) is 6.92 Å². The number of nitrogens with one attached hydrogen (secondary N) is 1. The smallest absolute Gasteiger partial charge is 0.296 e. The van der Waals surface area contributed by atoms with E-state index in [2.05, 4.69) is 10.3 Å². The van der Waals surface area contributed by atoms with E-state index in [0.29, 0.717) is 5.69 Å². The van der Waals surface area contributed by atoms with Crippen molar-refractivity contribution in [1.29, 1.82) is 0 Å². The molecule has 1 aromatic heterocycles. The van der Waals surface area contributed by atoms with Crippen molar-refractivity contribution in [3.8, 4) is 5.75 Å². The summed E-state index contributed by atoms with van der Waals surface area (Å²) in [5, 5.41) is 23.1. The van der Waals surface area contributed by atoms with Crippen LogP contribution in [0.25, 0.3) is 0 Å². The second-order valence-electron chi connectivity index (χ2n) is 3.85. The molecule has 1 aromatic carbocycles. The number of benzene rings is 1. The van der Waals surface area contributed by atoms with Crippen LogP contribution >= 0.6 is 11.3 Å². The maximum atomic E-state index is 12.0. The van der Waals surface area contributed by atoms with Gasteiger partial charge in [0.05, 0.1) is 10.6 Å². The lowest BCUT2D eigenvalue weighted by Gasteiger charge is -2.06. The van der Waals surface area contributed by atoms with E-state index in [1.807, 2.05) is 0 Å². The lowest BCUT2D eigenvalue weighted by Crippen LogP contribution is -2.13. The van der Waals surface area contributed by atoms with Crippen molar-refractivity contribution >= 4 is 33.8 Å². The fourth-order valence-electron chi connectivity index (χ4n) is 1.61. The third-order valence-corrected chi connectivity index (χ3v) is 3.46. The summed E-state index contributed by atoms with van der Waals surface area (Å²) < 4.78 is 0. The minimum Gasteiger partial charge on any atom is -0.505 e. The Kier molecular flexibility index (Phi) is 3.53. The van der Waals surface area contributed by atoms with Gasteiger partial charge in [0.15, 0.2) is 10.8 Å². The van der Waals surface area contributed by atoms with Crippen LogP contribution in [-0.4, -0.2) is 20.9 Å². The lowest BCUT2D eigenvalue weighted by atomic mass is 10.2. The molecule has 0 aliphatic heterocycles. The molecule has 0 aliphatic rings. The summed E-state index contributed by atoms with van der Waals surface area (Å²) in [6, 6.07) is 3.75. The summed E-state index contributed by atoms with van der Waals surface area (Å²) in [5.74, 6) is -0.996. The van der Waals surface area contributed by atoms with E-state index >= 15 is 0 Å². The molecule has 0 radical (unpaired) electrons.